The molecular weight excluding hydrogens is 536 g/mol. The second-order valence-electron chi connectivity index (χ2n) is 12.7. The Hall–Kier alpha value is -4.58. The third-order valence-electron chi connectivity index (χ3n) is 7.34. The Morgan fingerprint density at radius 2 is 1.14 bits per heavy atom. The third-order valence-corrected chi connectivity index (χ3v) is 7.34. The highest BCUT2D eigenvalue weighted by atomic mass is 16.5. The molecule has 2 N–H and O–H groups in total. The molecule has 0 bridgehead atoms. The van der Waals surface area contributed by atoms with E-state index in [9.17, 15) is 9.59 Å². The molecule has 0 saturated carbocycles. The average molecular weight is 579 g/mol. The molecule has 0 aromatic heterocycles. The summed E-state index contributed by atoms with van der Waals surface area (Å²) < 4.78 is 11.7. The number of ether oxygens (including phenoxy) is 2. The summed E-state index contributed by atoms with van der Waals surface area (Å²) in [6.45, 7) is 13.1. The van der Waals surface area contributed by atoms with E-state index >= 15 is 0 Å². The number of hydrogen-bond donors (Lipinski definition) is 2. The van der Waals surface area contributed by atoms with Crippen molar-refractivity contribution in [2.75, 3.05) is 7.11 Å². The van der Waals surface area contributed by atoms with Gasteiger partial charge in [0.15, 0.2) is 11.5 Å². The van der Waals surface area contributed by atoms with E-state index in [-0.39, 0.29) is 22.6 Å². The van der Waals surface area contributed by atoms with Gasteiger partial charge in [-0.25, -0.2) is 0 Å². The normalized spacial score (nSPS) is 11.6. The second kappa shape index (κ2) is 13.2. The zero-order valence-corrected chi connectivity index (χ0v) is 26.2. The first-order valence-electron chi connectivity index (χ1n) is 14.5. The maximum atomic E-state index is 13.4. The lowest BCUT2D eigenvalue weighted by Gasteiger charge is -2.23. The standard InChI is InChI=1S/C37H42N2O4/c1-36(2,3)29-18-13-26(14-19-29)34(40)38-33(39-35(41)27-15-20-30(21-16-27)37(4,5)6)28-17-22-31(32(23-28)42-7)43-24-25-11-9-8-10-12-25/h8-23,33H,24H2,1-7H3,(H,38,40)(H,39,41). The molecule has 0 radical (unpaired) electrons. The molecule has 0 fully saturated rings. The first-order valence-corrected chi connectivity index (χ1v) is 14.5. The van der Waals surface area contributed by atoms with E-state index in [1.54, 1.807) is 43.5 Å². The van der Waals surface area contributed by atoms with Crippen LogP contribution in [0.3, 0.4) is 0 Å². The maximum Gasteiger partial charge on any atom is 0.253 e. The molecule has 0 spiro atoms. The van der Waals surface area contributed by atoms with Gasteiger partial charge in [-0.15, -0.1) is 0 Å². The van der Waals surface area contributed by atoms with Crippen LogP contribution in [-0.2, 0) is 17.4 Å². The lowest BCUT2D eigenvalue weighted by molar-refractivity contribution is 0.0883. The Morgan fingerprint density at radius 1 is 0.651 bits per heavy atom. The summed E-state index contributed by atoms with van der Waals surface area (Å²) in [7, 11) is 1.56. The van der Waals surface area contributed by atoms with E-state index in [2.05, 4.69) is 52.2 Å². The van der Waals surface area contributed by atoms with Crippen molar-refractivity contribution in [1.82, 2.24) is 10.6 Å². The Bertz CT molecular complexity index is 1460. The Kier molecular flexibility index (Phi) is 9.59. The summed E-state index contributed by atoms with van der Waals surface area (Å²) in [6, 6.07) is 30.3. The van der Waals surface area contributed by atoms with E-state index in [0.717, 1.165) is 16.7 Å². The van der Waals surface area contributed by atoms with Gasteiger partial charge < -0.3 is 20.1 Å². The fourth-order valence-electron chi connectivity index (χ4n) is 4.59. The summed E-state index contributed by atoms with van der Waals surface area (Å²) in [5.74, 6) is 0.433. The molecule has 0 unspecified atom stereocenters. The van der Waals surface area contributed by atoms with Crippen LogP contribution >= 0.6 is 0 Å². The second-order valence-corrected chi connectivity index (χ2v) is 12.7. The largest absolute Gasteiger partial charge is 0.493 e. The monoisotopic (exact) mass is 578 g/mol. The van der Waals surface area contributed by atoms with Crippen LogP contribution in [0.15, 0.2) is 97.1 Å². The summed E-state index contributed by atoms with van der Waals surface area (Å²) in [6.07, 6.45) is -0.832. The van der Waals surface area contributed by atoms with Crippen LogP contribution in [0.25, 0.3) is 0 Å². The maximum absolute atomic E-state index is 13.4. The minimum Gasteiger partial charge on any atom is -0.493 e. The van der Waals surface area contributed by atoms with E-state index in [4.69, 9.17) is 9.47 Å². The number of rotatable bonds is 9. The van der Waals surface area contributed by atoms with Crippen LogP contribution in [0.1, 0.15) is 90.7 Å². The van der Waals surface area contributed by atoms with E-state index in [0.29, 0.717) is 34.8 Å². The molecule has 4 aromatic carbocycles. The zero-order valence-electron chi connectivity index (χ0n) is 26.2. The minimum atomic E-state index is -0.832. The number of amides is 2. The van der Waals surface area contributed by atoms with Crippen molar-refractivity contribution >= 4 is 11.8 Å². The molecular formula is C37H42N2O4. The number of hydrogen-bond acceptors (Lipinski definition) is 4. The molecule has 4 rings (SSSR count). The van der Waals surface area contributed by atoms with Crippen molar-refractivity contribution in [3.8, 4) is 11.5 Å². The Morgan fingerprint density at radius 3 is 1.58 bits per heavy atom. The summed E-state index contributed by atoms with van der Waals surface area (Å²) >= 11 is 0. The molecule has 224 valence electrons. The number of carbonyl (C=O) groups excluding carboxylic acids is 2. The molecule has 2 amide bonds. The van der Waals surface area contributed by atoms with Gasteiger partial charge in [0.1, 0.15) is 12.8 Å². The zero-order chi connectivity index (χ0) is 31.2. The van der Waals surface area contributed by atoms with Gasteiger partial charge in [-0.05, 0) is 69.5 Å². The van der Waals surface area contributed by atoms with Gasteiger partial charge in [0, 0.05) is 11.1 Å². The van der Waals surface area contributed by atoms with Gasteiger partial charge in [0.05, 0.1) is 7.11 Å². The van der Waals surface area contributed by atoms with Crippen molar-refractivity contribution in [3.63, 3.8) is 0 Å². The predicted molar refractivity (Wildman–Crippen MR) is 172 cm³/mol. The molecule has 0 aliphatic carbocycles. The molecule has 0 heterocycles. The Balaban J connectivity index is 1.60. The molecule has 43 heavy (non-hydrogen) atoms. The van der Waals surface area contributed by atoms with Gasteiger partial charge in [-0.2, -0.15) is 0 Å². The van der Waals surface area contributed by atoms with Gasteiger partial charge >= 0.3 is 0 Å². The number of carbonyl (C=O) groups is 2. The van der Waals surface area contributed by atoms with E-state index < -0.39 is 6.17 Å². The highest BCUT2D eigenvalue weighted by Gasteiger charge is 2.22. The molecule has 0 saturated heterocycles. The van der Waals surface area contributed by atoms with Crippen LogP contribution in [0, 0.1) is 0 Å². The molecule has 6 nitrogen and oxygen atoms in total. The van der Waals surface area contributed by atoms with Gasteiger partial charge in [-0.1, -0.05) is 102 Å². The highest BCUT2D eigenvalue weighted by molar-refractivity contribution is 5.97. The van der Waals surface area contributed by atoms with Gasteiger partial charge in [-0.3, -0.25) is 9.59 Å². The fourth-order valence-corrected chi connectivity index (χ4v) is 4.59. The molecule has 0 aliphatic rings. The van der Waals surface area contributed by atoms with Crippen molar-refractivity contribution in [2.45, 2.75) is 65.1 Å². The van der Waals surface area contributed by atoms with Crippen LogP contribution in [-0.4, -0.2) is 18.9 Å². The molecule has 0 atom stereocenters. The lowest BCUT2D eigenvalue weighted by atomic mass is 9.86. The van der Waals surface area contributed by atoms with Crippen molar-refractivity contribution in [3.05, 3.63) is 130 Å². The predicted octanol–water partition coefficient (Wildman–Crippen LogP) is 7.73. The lowest BCUT2D eigenvalue weighted by Crippen LogP contribution is -2.41. The van der Waals surface area contributed by atoms with Crippen LogP contribution < -0.4 is 20.1 Å². The van der Waals surface area contributed by atoms with E-state index in [1.807, 2.05) is 60.7 Å². The summed E-state index contributed by atoms with van der Waals surface area (Å²) in [4.78, 5) is 26.8. The van der Waals surface area contributed by atoms with Crippen LogP contribution in [0.4, 0.5) is 0 Å². The average Bonchev–Trinajstić information content (AvgIpc) is 2.99. The molecule has 6 heteroatoms. The quantitative estimate of drug-likeness (QED) is 0.199. The minimum absolute atomic E-state index is 0.0328. The SMILES string of the molecule is COc1cc(C(NC(=O)c2ccc(C(C)(C)C)cc2)NC(=O)c2ccc(C(C)(C)C)cc2)ccc1OCc1ccccc1. The number of benzene rings is 4. The van der Waals surface area contributed by atoms with Crippen molar-refractivity contribution < 1.29 is 19.1 Å². The summed E-state index contributed by atoms with van der Waals surface area (Å²) in [5, 5.41) is 6.01. The van der Waals surface area contributed by atoms with Crippen molar-refractivity contribution in [2.24, 2.45) is 0 Å². The fraction of sp³-hybridized carbons (Fsp3) is 0.297. The van der Waals surface area contributed by atoms with E-state index in [1.165, 1.54) is 0 Å². The Labute approximate surface area is 255 Å². The van der Waals surface area contributed by atoms with Gasteiger partial charge in [0.25, 0.3) is 11.8 Å². The van der Waals surface area contributed by atoms with Crippen molar-refractivity contribution in [1.29, 1.82) is 0 Å². The highest BCUT2D eigenvalue weighted by Crippen LogP contribution is 2.31. The number of nitrogens with one attached hydrogen (secondary N) is 2. The summed E-state index contributed by atoms with van der Waals surface area (Å²) in [5.41, 5.74) is 4.85. The topological polar surface area (TPSA) is 76.7 Å². The number of methoxy groups -OCH3 is 1. The smallest absolute Gasteiger partial charge is 0.253 e. The van der Waals surface area contributed by atoms with Gasteiger partial charge in [0.2, 0.25) is 0 Å². The molecule has 0 aliphatic heterocycles. The van der Waals surface area contributed by atoms with Crippen LogP contribution in [0.5, 0.6) is 11.5 Å². The first-order chi connectivity index (χ1) is 20.3. The van der Waals surface area contributed by atoms with Crippen LogP contribution in [0.2, 0.25) is 0 Å². The molecule has 4 aromatic rings. The third kappa shape index (κ3) is 8.25. The first kappa shape index (κ1) is 31.4.